The minimum atomic E-state index is -0.100. The predicted octanol–water partition coefficient (Wildman–Crippen LogP) is 4.72. The number of hydrogen-bond donors (Lipinski definition) is 1. The van der Waals surface area contributed by atoms with Gasteiger partial charge in [0.25, 0.3) is 0 Å². The van der Waals surface area contributed by atoms with Crippen molar-refractivity contribution in [1.29, 1.82) is 0 Å². The molecule has 0 aliphatic rings. The van der Waals surface area contributed by atoms with Crippen LogP contribution in [0.5, 0.6) is 5.75 Å². The fourth-order valence-corrected chi connectivity index (χ4v) is 1.94. The van der Waals surface area contributed by atoms with Crippen LogP contribution < -0.4 is 0 Å². The first-order valence-electron chi connectivity index (χ1n) is 6.33. The van der Waals surface area contributed by atoms with Crippen molar-refractivity contribution in [2.45, 2.75) is 52.4 Å². The topological polar surface area (TPSA) is 37.3 Å². The van der Waals surface area contributed by atoms with Gasteiger partial charge in [-0.25, -0.2) is 0 Å². The van der Waals surface area contributed by atoms with E-state index in [1.165, 1.54) is 0 Å². The van der Waals surface area contributed by atoms with Crippen molar-refractivity contribution in [3.05, 3.63) is 28.3 Å². The van der Waals surface area contributed by atoms with E-state index in [1.54, 1.807) is 12.1 Å². The highest BCUT2D eigenvalue weighted by Gasteiger charge is 2.20. The Balaban J connectivity index is 3.18. The van der Waals surface area contributed by atoms with Gasteiger partial charge in [0.05, 0.1) is 10.6 Å². The molecule has 0 spiro atoms. The zero-order chi connectivity index (χ0) is 13.9. The van der Waals surface area contributed by atoms with Gasteiger partial charge in [0.15, 0.2) is 5.78 Å². The maximum absolute atomic E-state index is 12.0. The third-order valence-electron chi connectivity index (χ3n) is 2.99. The van der Waals surface area contributed by atoms with Crippen molar-refractivity contribution in [3.63, 3.8) is 0 Å². The summed E-state index contributed by atoms with van der Waals surface area (Å²) in [5.74, 6) is -0.131. The first-order valence-corrected chi connectivity index (χ1v) is 6.71. The van der Waals surface area contributed by atoms with Crippen molar-refractivity contribution in [2.75, 3.05) is 0 Å². The Labute approximate surface area is 114 Å². The van der Waals surface area contributed by atoms with Crippen LogP contribution in [0.3, 0.4) is 0 Å². The maximum atomic E-state index is 12.0. The van der Waals surface area contributed by atoms with Gasteiger partial charge in [-0.05, 0) is 29.5 Å². The van der Waals surface area contributed by atoms with Crippen LogP contribution in [-0.2, 0) is 5.41 Å². The van der Waals surface area contributed by atoms with E-state index in [1.807, 2.05) is 6.92 Å². The highest BCUT2D eigenvalue weighted by molar-refractivity contribution is 6.32. The van der Waals surface area contributed by atoms with Gasteiger partial charge >= 0.3 is 0 Å². The molecule has 0 amide bonds. The van der Waals surface area contributed by atoms with Crippen molar-refractivity contribution in [1.82, 2.24) is 0 Å². The predicted molar refractivity (Wildman–Crippen MR) is 75.7 cm³/mol. The first-order chi connectivity index (χ1) is 8.27. The molecule has 0 atom stereocenters. The number of phenols is 1. The molecule has 1 aromatic carbocycles. The fraction of sp³-hybridized carbons (Fsp3) is 0.533. The van der Waals surface area contributed by atoms with Crippen LogP contribution in [0.4, 0.5) is 0 Å². The second-order valence-corrected chi connectivity index (χ2v) is 6.04. The summed E-state index contributed by atoms with van der Waals surface area (Å²) in [5.41, 5.74) is 1.21. The molecule has 100 valence electrons. The summed E-state index contributed by atoms with van der Waals surface area (Å²) in [7, 11) is 0. The SMILES string of the molecule is CCCCC(=O)c1cc(C(C)(C)C)cc(Cl)c1O. The van der Waals surface area contributed by atoms with E-state index < -0.39 is 0 Å². The zero-order valence-corrected chi connectivity index (χ0v) is 12.3. The maximum Gasteiger partial charge on any atom is 0.166 e. The number of unbranched alkanes of at least 4 members (excludes halogenated alkanes) is 1. The molecule has 0 radical (unpaired) electrons. The first kappa shape index (κ1) is 15.0. The smallest absolute Gasteiger partial charge is 0.166 e. The van der Waals surface area contributed by atoms with Crippen molar-refractivity contribution < 1.29 is 9.90 Å². The van der Waals surface area contributed by atoms with E-state index in [0.29, 0.717) is 12.0 Å². The highest BCUT2D eigenvalue weighted by atomic mass is 35.5. The average molecular weight is 269 g/mol. The van der Waals surface area contributed by atoms with Crippen LogP contribution in [0.25, 0.3) is 0 Å². The molecular formula is C15H21ClO2. The Morgan fingerprint density at radius 2 is 1.94 bits per heavy atom. The molecule has 0 bridgehead atoms. The minimum absolute atomic E-state index is 0.0395. The van der Waals surface area contributed by atoms with Crippen LogP contribution in [0.15, 0.2) is 12.1 Å². The molecule has 0 heterocycles. The number of phenolic OH excluding ortho intramolecular Hbond substituents is 1. The molecule has 0 aliphatic heterocycles. The lowest BCUT2D eigenvalue weighted by atomic mass is 9.85. The van der Waals surface area contributed by atoms with Gasteiger partial charge in [-0.3, -0.25) is 4.79 Å². The number of hydrogen-bond acceptors (Lipinski definition) is 2. The van der Waals surface area contributed by atoms with Gasteiger partial charge in [0.1, 0.15) is 5.75 Å². The number of halogens is 1. The van der Waals surface area contributed by atoms with Crippen LogP contribution in [-0.4, -0.2) is 10.9 Å². The van der Waals surface area contributed by atoms with Crippen molar-refractivity contribution >= 4 is 17.4 Å². The number of carbonyl (C=O) groups excluding carboxylic acids is 1. The summed E-state index contributed by atoms with van der Waals surface area (Å²) in [6, 6.07) is 3.49. The highest BCUT2D eigenvalue weighted by Crippen LogP contribution is 2.34. The molecule has 1 N–H and O–H groups in total. The van der Waals surface area contributed by atoms with Gasteiger partial charge in [-0.15, -0.1) is 0 Å². The second kappa shape index (κ2) is 5.75. The summed E-state index contributed by atoms with van der Waals surface area (Å²) < 4.78 is 0. The van der Waals surface area contributed by atoms with Crippen LogP contribution >= 0.6 is 11.6 Å². The van der Waals surface area contributed by atoms with Gasteiger partial charge in [-0.1, -0.05) is 45.7 Å². The molecule has 18 heavy (non-hydrogen) atoms. The largest absolute Gasteiger partial charge is 0.506 e. The van der Waals surface area contributed by atoms with E-state index in [0.717, 1.165) is 18.4 Å². The average Bonchev–Trinajstić information content (AvgIpc) is 2.27. The monoisotopic (exact) mass is 268 g/mol. The van der Waals surface area contributed by atoms with E-state index in [-0.39, 0.29) is 22.0 Å². The Morgan fingerprint density at radius 3 is 2.44 bits per heavy atom. The number of carbonyl (C=O) groups is 1. The molecule has 1 aromatic rings. The quantitative estimate of drug-likeness (QED) is 0.803. The number of aromatic hydroxyl groups is 1. The zero-order valence-electron chi connectivity index (χ0n) is 11.5. The summed E-state index contributed by atoms with van der Waals surface area (Å²) in [5, 5.41) is 10.2. The summed E-state index contributed by atoms with van der Waals surface area (Å²) >= 11 is 6.00. The van der Waals surface area contributed by atoms with Gasteiger partial charge in [0.2, 0.25) is 0 Å². The molecule has 3 heteroatoms. The molecule has 1 rings (SSSR count). The number of benzene rings is 1. The van der Waals surface area contributed by atoms with Gasteiger partial charge in [-0.2, -0.15) is 0 Å². The second-order valence-electron chi connectivity index (χ2n) is 5.63. The Kier molecular flexibility index (Phi) is 4.80. The van der Waals surface area contributed by atoms with Crippen LogP contribution in [0.1, 0.15) is 62.9 Å². The molecule has 0 unspecified atom stereocenters. The Hall–Kier alpha value is -1.02. The normalized spacial score (nSPS) is 11.6. The summed E-state index contributed by atoms with van der Waals surface area (Å²) in [6.07, 6.45) is 2.24. The molecule has 0 saturated heterocycles. The lowest BCUT2D eigenvalue weighted by molar-refractivity contribution is 0.0977. The molecule has 0 fully saturated rings. The van der Waals surface area contributed by atoms with E-state index in [4.69, 9.17) is 11.6 Å². The Morgan fingerprint density at radius 1 is 1.33 bits per heavy atom. The summed E-state index contributed by atoms with van der Waals surface area (Å²) in [6.45, 7) is 8.19. The lowest BCUT2D eigenvalue weighted by Gasteiger charge is -2.21. The number of rotatable bonds is 4. The lowest BCUT2D eigenvalue weighted by Crippen LogP contribution is -2.12. The number of ketones is 1. The minimum Gasteiger partial charge on any atom is -0.506 e. The van der Waals surface area contributed by atoms with E-state index >= 15 is 0 Å². The van der Waals surface area contributed by atoms with Crippen molar-refractivity contribution in [2.24, 2.45) is 0 Å². The Bertz CT molecular complexity index is 445. The molecule has 0 aliphatic carbocycles. The number of Topliss-reactive ketones (excluding diaryl/α,β-unsaturated/α-hetero) is 1. The third-order valence-corrected chi connectivity index (χ3v) is 3.28. The fourth-order valence-electron chi connectivity index (χ4n) is 1.72. The van der Waals surface area contributed by atoms with Crippen LogP contribution in [0.2, 0.25) is 5.02 Å². The molecule has 2 nitrogen and oxygen atoms in total. The molecular weight excluding hydrogens is 248 g/mol. The third kappa shape index (κ3) is 3.49. The van der Waals surface area contributed by atoms with Gasteiger partial charge < -0.3 is 5.11 Å². The summed E-state index contributed by atoms with van der Waals surface area (Å²) in [4.78, 5) is 12.0. The van der Waals surface area contributed by atoms with E-state index in [9.17, 15) is 9.90 Å². The standard InChI is InChI=1S/C15H21ClO2/c1-5-6-7-13(17)11-8-10(15(2,3)4)9-12(16)14(11)18/h8-9,18H,5-7H2,1-4H3. The molecule has 0 aromatic heterocycles. The van der Waals surface area contributed by atoms with Crippen molar-refractivity contribution in [3.8, 4) is 5.75 Å². The van der Waals surface area contributed by atoms with Crippen LogP contribution in [0, 0.1) is 0 Å². The molecule has 0 saturated carbocycles. The van der Waals surface area contributed by atoms with Gasteiger partial charge in [0, 0.05) is 6.42 Å². The van der Waals surface area contributed by atoms with E-state index in [2.05, 4.69) is 20.8 Å².